The summed E-state index contributed by atoms with van der Waals surface area (Å²) in [6.07, 6.45) is 1.86. The van der Waals surface area contributed by atoms with E-state index in [1.54, 1.807) is 0 Å². The molecule has 6 nitrogen and oxygen atoms in total. The SMILES string of the molecule is CC(C)(C)N[C@@H](CCCC(O)C1(C(N)=O)CC1)C(=O)O. The van der Waals surface area contributed by atoms with Crippen molar-refractivity contribution < 1.29 is 19.8 Å². The molecular weight excluding hydrogens is 260 g/mol. The molecule has 0 aromatic rings. The van der Waals surface area contributed by atoms with Crippen molar-refractivity contribution in [3.8, 4) is 0 Å². The van der Waals surface area contributed by atoms with Crippen LogP contribution in [0.4, 0.5) is 0 Å². The number of nitrogens with two attached hydrogens (primary N) is 1. The molecule has 0 aromatic carbocycles. The number of hydrogen-bond acceptors (Lipinski definition) is 4. The molecule has 0 aliphatic heterocycles. The van der Waals surface area contributed by atoms with Crippen molar-refractivity contribution in [2.45, 2.75) is 70.6 Å². The molecule has 20 heavy (non-hydrogen) atoms. The lowest BCUT2D eigenvalue weighted by Gasteiger charge is -2.26. The molecule has 2 atom stereocenters. The van der Waals surface area contributed by atoms with E-state index in [0.29, 0.717) is 32.1 Å². The highest BCUT2D eigenvalue weighted by Gasteiger charge is 2.53. The van der Waals surface area contributed by atoms with Gasteiger partial charge in [-0.2, -0.15) is 0 Å². The Balaban J connectivity index is 2.41. The zero-order valence-electron chi connectivity index (χ0n) is 12.5. The largest absolute Gasteiger partial charge is 0.480 e. The number of hydrogen-bond donors (Lipinski definition) is 4. The molecule has 0 heterocycles. The van der Waals surface area contributed by atoms with Crippen LogP contribution in [0.25, 0.3) is 0 Å². The lowest BCUT2D eigenvalue weighted by Crippen LogP contribution is -2.47. The van der Waals surface area contributed by atoms with Crippen molar-refractivity contribution in [1.29, 1.82) is 0 Å². The first kappa shape index (κ1) is 16.9. The van der Waals surface area contributed by atoms with Crippen LogP contribution in [0.5, 0.6) is 0 Å². The molecular formula is C14H26N2O4. The molecule has 116 valence electrons. The standard InChI is InChI=1S/C14H26N2O4/c1-13(2,3)16-9(11(18)19)5-4-6-10(17)14(7-8-14)12(15)20/h9-10,16-17H,4-8H2,1-3H3,(H2,15,20)(H,18,19)/t9-,10?/m0/s1. The Morgan fingerprint density at radius 2 is 1.85 bits per heavy atom. The van der Waals surface area contributed by atoms with Crippen LogP contribution in [0.2, 0.25) is 0 Å². The Morgan fingerprint density at radius 3 is 2.20 bits per heavy atom. The Labute approximate surface area is 119 Å². The van der Waals surface area contributed by atoms with Crippen molar-refractivity contribution in [2.75, 3.05) is 0 Å². The van der Waals surface area contributed by atoms with E-state index in [0.717, 1.165) is 0 Å². The van der Waals surface area contributed by atoms with Gasteiger partial charge in [0.1, 0.15) is 6.04 Å². The Bertz CT molecular complexity index is 372. The lowest BCUT2D eigenvalue weighted by molar-refractivity contribution is -0.140. The van der Waals surface area contributed by atoms with E-state index in [2.05, 4.69) is 5.32 Å². The summed E-state index contributed by atoms with van der Waals surface area (Å²) in [6.45, 7) is 5.72. The third kappa shape index (κ3) is 4.45. The summed E-state index contributed by atoms with van der Waals surface area (Å²) < 4.78 is 0. The Hall–Kier alpha value is -1.14. The van der Waals surface area contributed by atoms with E-state index in [1.807, 2.05) is 20.8 Å². The van der Waals surface area contributed by atoms with E-state index in [9.17, 15) is 14.7 Å². The molecule has 0 radical (unpaired) electrons. The smallest absolute Gasteiger partial charge is 0.320 e. The molecule has 1 rings (SSSR count). The fraction of sp³-hybridized carbons (Fsp3) is 0.857. The topological polar surface area (TPSA) is 113 Å². The first-order valence-electron chi connectivity index (χ1n) is 7.07. The van der Waals surface area contributed by atoms with Crippen LogP contribution < -0.4 is 11.1 Å². The van der Waals surface area contributed by atoms with Gasteiger partial charge in [0.25, 0.3) is 0 Å². The summed E-state index contributed by atoms with van der Waals surface area (Å²) >= 11 is 0. The molecule has 0 aromatic heterocycles. The van der Waals surface area contributed by atoms with E-state index in [1.165, 1.54) is 0 Å². The number of primary amides is 1. The first-order chi connectivity index (χ1) is 9.08. The zero-order chi connectivity index (χ0) is 15.6. The molecule has 1 aliphatic rings. The quantitative estimate of drug-likeness (QED) is 0.522. The molecule has 6 heteroatoms. The molecule has 1 amide bonds. The Kier molecular flexibility index (Phi) is 5.15. The number of carbonyl (C=O) groups excluding carboxylic acids is 1. The summed E-state index contributed by atoms with van der Waals surface area (Å²) in [5.74, 6) is -1.35. The van der Waals surface area contributed by atoms with Crippen molar-refractivity contribution >= 4 is 11.9 Å². The molecule has 1 unspecified atom stereocenters. The minimum Gasteiger partial charge on any atom is -0.480 e. The number of carbonyl (C=O) groups is 2. The fourth-order valence-corrected chi connectivity index (χ4v) is 2.45. The predicted octanol–water partition coefficient (Wildman–Crippen LogP) is 0.624. The second kappa shape index (κ2) is 6.10. The van der Waals surface area contributed by atoms with Gasteiger partial charge in [0.2, 0.25) is 5.91 Å². The van der Waals surface area contributed by atoms with Gasteiger partial charge in [-0.25, -0.2) is 0 Å². The third-order valence-corrected chi connectivity index (χ3v) is 3.79. The zero-order valence-corrected chi connectivity index (χ0v) is 12.5. The van der Waals surface area contributed by atoms with Gasteiger partial charge in [0.15, 0.2) is 0 Å². The molecule has 1 aliphatic carbocycles. The maximum Gasteiger partial charge on any atom is 0.320 e. The molecule has 0 saturated heterocycles. The van der Waals surface area contributed by atoms with Crippen molar-refractivity contribution in [3.05, 3.63) is 0 Å². The van der Waals surface area contributed by atoms with Crippen LogP contribution >= 0.6 is 0 Å². The number of rotatable bonds is 8. The highest BCUT2D eigenvalue weighted by atomic mass is 16.4. The van der Waals surface area contributed by atoms with E-state index < -0.39 is 29.4 Å². The predicted molar refractivity (Wildman–Crippen MR) is 75.0 cm³/mol. The second-order valence-corrected chi connectivity index (χ2v) is 6.75. The third-order valence-electron chi connectivity index (χ3n) is 3.79. The van der Waals surface area contributed by atoms with Crippen LogP contribution in [-0.4, -0.2) is 39.8 Å². The number of carboxylic acids is 1. The van der Waals surface area contributed by atoms with Crippen molar-refractivity contribution in [3.63, 3.8) is 0 Å². The minimum atomic E-state index is -0.898. The molecule has 0 bridgehead atoms. The van der Waals surface area contributed by atoms with Gasteiger partial charge >= 0.3 is 5.97 Å². The maximum absolute atomic E-state index is 11.3. The number of aliphatic carboxylic acids is 1. The summed E-state index contributed by atoms with van der Waals surface area (Å²) in [5, 5.41) is 22.2. The number of aliphatic hydroxyl groups is 1. The highest BCUT2D eigenvalue weighted by Crippen LogP contribution is 2.49. The van der Waals surface area contributed by atoms with Crippen LogP contribution in [0.15, 0.2) is 0 Å². The fourth-order valence-electron chi connectivity index (χ4n) is 2.45. The van der Waals surface area contributed by atoms with Gasteiger partial charge in [-0.15, -0.1) is 0 Å². The van der Waals surface area contributed by atoms with Crippen LogP contribution in [0, 0.1) is 5.41 Å². The maximum atomic E-state index is 11.3. The molecule has 0 spiro atoms. The van der Waals surface area contributed by atoms with Crippen LogP contribution in [0.1, 0.15) is 52.9 Å². The number of carboxylic acid groups (broad SMARTS) is 1. The summed E-state index contributed by atoms with van der Waals surface area (Å²) in [6, 6.07) is -0.647. The van der Waals surface area contributed by atoms with Gasteiger partial charge in [0.05, 0.1) is 11.5 Å². The monoisotopic (exact) mass is 286 g/mol. The number of nitrogens with one attached hydrogen (secondary N) is 1. The van der Waals surface area contributed by atoms with E-state index in [4.69, 9.17) is 10.8 Å². The van der Waals surface area contributed by atoms with E-state index in [-0.39, 0.29) is 5.54 Å². The molecule has 5 N–H and O–H groups in total. The average Bonchev–Trinajstić information content (AvgIpc) is 3.06. The molecule has 1 saturated carbocycles. The van der Waals surface area contributed by atoms with Crippen molar-refractivity contribution in [2.24, 2.45) is 11.1 Å². The van der Waals surface area contributed by atoms with Gasteiger partial charge in [-0.05, 0) is 52.9 Å². The van der Waals surface area contributed by atoms with Gasteiger partial charge in [-0.3, -0.25) is 14.9 Å². The lowest BCUT2D eigenvalue weighted by atomic mass is 9.93. The Morgan fingerprint density at radius 1 is 1.30 bits per heavy atom. The summed E-state index contributed by atoms with van der Waals surface area (Å²) in [4.78, 5) is 22.4. The van der Waals surface area contributed by atoms with Crippen LogP contribution in [0.3, 0.4) is 0 Å². The average molecular weight is 286 g/mol. The van der Waals surface area contributed by atoms with Gasteiger partial charge in [0, 0.05) is 5.54 Å². The highest BCUT2D eigenvalue weighted by molar-refractivity contribution is 5.84. The van der Waals surface area contributed by atoms with Crippen LogP contribution in [-0.2, 0) is 9.59 Å². The van der Waals surface area contributed by atoms with Gasteiger partial charge < -0.3 is 15.9 Å². The number of aliphatic hydroxyl groups excluding tert-OH is 1. The number of amides is 1. The second-order valence-electron chi connectivity index (χ2n) is 6.75. The van der Waals surface area contributed by atoms with Crippen molar-refractivity contribution in [1.82, 2.24) is 5.32 Å². The minimum absolute atomic E-state index is 0.285. The summed E-state index contributed by atoms with van der Waals surface area (Å²) in [5.41, 5.74) is 4.25. The first-order valence-corrected chi connectivity index (χ1v) is 7.07. The summed E-state index contributed by atoms with van der Waals surface area (Å²) in [7, 11) is 0. The van der Waals surface area contributed by atoms with Gasteiger partial charge in [-0.1, -0.05) is 0 Å². The van der Waals surface area contributed by atoms with E-state index >= 15 is 0 Å². The normalized spacial score (nSPS) is 20.2. The molecule has 1 fully saturated rings.